The van der Waals surface area contributed by atoms with Gasteiger partial charge in [-0.15, -0.1) is 0 Å². The molecule has 0 aromatic carbocycles. The number of carboxylic acid groups (broad SMARTS) is 1. The first-order valence-corrected chi connectivity index (χ1v) is 6.78. The SMILES string of the molecule is Cc1oc(C(=O)O)cc1S(=O)(=O)N1CCC(O)C1. The Labute approximate surface area is 104 Å². The first-order valence-electron chi connectivity index (χ1n) is 5.34. The lowest BCUT2D eigenvalue weighted by Crippen LogP contribution is -2.29. The van der Waals surface area contributed by atoms with Gasteiger partial charge in [0, 0.05) is 19.2 Å². The van der Waals surface area contributed by atoms with Crippen molar-refractivity contribution in [3.63, 3.8) is 0 Å². The van der Waals surface area contributed by atoms with Crippen LogP contribution < -0.4 is 0 Å². The van der Waals surface area contributed by atoms with Crippen molar-refractivity contribution in [1.82, 2.24) is 4.31 Å². The zero-order chi connectivity index (χ0) is 13.5. The maximum absolute atomic E-state index is 12.2. The molecule has 1 aromatic heterocycles. The van der Waals surface area contributed by atoms with Crippen LogP contribution in [-0.2, 0) is 10.0 Å². The third-order valence-corrected chi connectivity index (χ3v) is 4.80. The Balaban J connectivity index is 2.38. The van der Waals surface area contributed by atoms with Gasteiger partial charge in [-0.05, 0) is 13.3 Å². The molecule has 0 saturated carbocycles. The summed E-state index contributed by atoms with van der Waals surface area (Å²) in [4.78, 5) is 10.6. The first-order chi connectivity index (χ1) is 8.32. The van der Waals surface area contributed by atoms with Crippen molar-refractivity contribution in [2.75, 3.05) is 13.1 Å². The second-order valence-corrected chi connectivity index (χ2v) is 6.05. The number of hydrogen-bond acceptors (Lipinski definition) is 5. The molecular weight excluding hydrogens is 262 g/mol. The highest BCUT2D eigenvalue weighted by molar-refractivity contribution is 7.89. The number of sulfonamides is 1. The van der Waals surface area contributed by atoms with Crippen molar-refractivity contribution in [2.24, 2.45) is 0 Å². The van der Waals surface area contributed by atoms with Gasteiger partial charge >= 0.3 is 5.97 Å². The van der Waals surface area contributed by atoms with Crippen LogP contribution in [-0.4, -0.2) is 48.1 Å². The summed E-state index contributed by atoms with van der Waals surface area (Å²) in [7, 11) is -3.80. The fourth-order valence-electron chi connectivity index (χ4n) is 1.89. The molecular formula is C10H13NO6S. The summed E-state index contributed by atoms with van der Waals surface area (Å²) in [5.41, 5.74) is 0. The van der Waals surface area contributed by atoms with Gasteiger partial charge in [-0.25, -0.2) is 13.2 Å². The van der Waals surface area contributed by atoms with E-state index >= 15 is 0 Å². The highest BCUT2D eigenvalue weighted by atomic mass is 32.2. The van der Waals surface area contributed by atoms with Crippen molar-refractivity contribution < 1.29 is 27.8 Å². The monoisotopic (exact) mass is 275 g/mol. The van der Waals surface area contributed by atoms with Crippen LogP contribution in [0.1, 0.15) is 22.7 Å². The molecule has 7 nitrogen and oxygen atoms in total. The Hall–Kier alpha value is -1.38. The van der Waals surface area contributed by atoms with E-state index < -0.39 is 27.9 Å². The lowest BCUT2D eigenvalue weighted by molar-refractivity contribution is 0.0661. The fourth-order valence-corrected chi connectivity index (χ4v) is 3.55. The van der Waals surface area contributed by atoms with Gasteiger partial charge in [0.05, 0.1) is 6.10 Å². The number of aliphatic hydroxyl groups is 1. The zero-order valence-corrected chi connectivity index (χ0v) is 10.5. The summed E-state index contributed by atoms with van der Waals surface area (Å²) >= 11 is 0. The molecule has 2 heterocycles. The van der Waals surface area contributed by atoms with Crippen LogP contribution in [0.4, 0.5) is 0 Å². The maximum Gasteiger partial charge on any atom is 0.371 e. The summed E-state index contributed by atoms with van der Waals surface area (Å²) in [6.07, 6.45) is -0.298. The number of carboxylic acids is 1. The van der Waals surface area contributed by atoms with Gasteiger partial charge in [0.1, 0.15) is 10.7 Å². The smallest absolute Gasteiger partial charge is 0.371 e. The molecule has 0 radical (unpaired) electrons. The number of aryl methyl sites for hydroxylation is 1. The highest BCUT2D eigenvalue weighted by Gasteiger charge is 2.34. The summed E-state index contributed by atoms with van der Waals surface area (Å²) in [6.45, 7) is 1.64. The van der Waals surface area contributed by atoms with Crippen molar-refractivity contribution in [3.05, 3.63) is 17.6 Å². The number of β-amino-alcohol motifs (C(OH)–C–C–N with tert-alkyl or cyclic N) is 1. The number of aliphatic hydroxyl groups excluding tert-OH is 1. The van der Waals surface area contributed by atoms with Gasteiger partial charge in [-0.2, -0.15) is 4.31 Å². The maximum atomic E-state index is 12.2. The Bertz CT molecular complexity index is 575. The van der Waals surface area contributed by atoms with E-state index in [0.29, 0.717) is 6.42 Å². The van der Waals surface area contributed by atoms with Gasteiger partial charge in [0.15, 0.2) is 0 Å². The number of aromatic carboxylic acids is 1. The van der Waals surface area contributed by atoms with Gasteiger partial charge < -0.3 is 14.6 Å². The van der Waals surface area contributed by atoms with Crippen molar-refractivity contribution in [3.8, 4) is 0 Å². The minimum atomic E-state index is -3.80. The van der Waals surface area contributed by atoms with Gasteiger partial charge in [0.25, 0.3) is 0 Å². The Morgan fingerprint density at radius 1 is 1.56 bits per heavy atom. The zero-order valence-electron chi connectivity index (χ0n) is 9.66. The topological polar surface area (TPSA) is 108 Å². The molecule has 0 amide bonds. The van der Waals surface area contributed by atoms with Crippen LogP contribution in [0.5, 0.6) is 0 Å². The first kappa shape index (κ1) is 13.1. The highest BCUT2D eigenvalue weighted by Crippen LogP contribution is 2.26. The van der Waals surface area contributed by atoms with Crippen LogP contribution in [0.3, 0.4) is 0 Å². The van der Waals surface area contributed by atoms with E-state index in [9.17, 15) is 18.3 Å². The minimum Gasteiger partial charge on any atom is -0.475 e. The van der Waals surface area contributed by atoms with E-state index in [1.165, 1.54) is 6.92 Å². The van der Waals surface area contributed by atoms with E-state index in [1.54, 1.807) is 0 Å². The molecule has 0 bridgehead atoms. The molecule has 0 spiro atoms. The van der Waals surface area contributed by atoms with Gasteiger partial charge in [-0.1, -0.05) is 0 Å². The van der Waals surface area contributed by atoms with Crippen LogP contribution in [0.2, 0.25) is 0 Å². The van der Waals surface area contributed by atoms with E-state index in [0.717, 1.165) is 10.4 Å². The van der Waals surface area contributed by atoms with Crippen LogP contribution >= 0.6 is 0 Å². The molecule has 2 N–H and O–H groups in total. The summed E-state index contributed by atoms with van der Waals surface area (Å²) in [6, 6.07) is 0.998. The Kier molecular flexibility index (Phi) is 3.18. The van der Waals surface area contributed by atoms with Crippen molar-refractivity contribution in [1.29, 1.82) is 0 Å². The van der Waals surface area contributed by atoms with Gasteiger partial charge in [0.2, 0.25) is 15.8 Å². The molecule has 1 saturated heterocycles. The second-order valence-electron chi connectivity index (χ2n) is 4.14. The average Bonchev–Trinajstić information content (AvgIpc) is 2.85. The third kappa shape index (κ3) is 2.14. The molecule has 8 heteroatoms. The molecule has 1 aliphatic rings. The number of hydrogen-bond donors (Lipinski definition) is 2. The Morgan fingerprint density at radius 2 is 2.22 bits per heavy atom. The number of rotatable bonds is 3. The quantitative estimate of drug-likeness (QED) is 0.806. The molecule has 1 fully saturated rings. The lowest BCUT2D eigenvalue weighted by atomic mass is 10.3. The normalized spacial score (nSPS) is 21.3. The van der Waals surface area contributed by atoms with Crippen LogP contribution in [0, 0.1) is 6.92 Å². The molecule has 1 unspecified atom stereocenters. The number of carbonyl (C=O) groups is 1. The lowest BCUT2D eigenvalue weighted by Gasteiger charge is -2.14. The molecule has 0 aliphatic carbocycles. The average molecular weight is 275 g/mol. The standard InChI is InChI=1S/C10H13NO6S/c1-6-9(4-8(17-6)10(13)14)18(15,16)11-3-2-7(12)5-11/h4,7,12H,2-3,5H2,1H3,(H,13,14). The molecule has 1 aliphatic heterocycles. The minimum absolute atomic E-state index is 0.0232. The number of nitrogens with zero attached hydrogens (tertiary/aromatic N) is 1. The largest absolute Gasteiger partial charge is 0.475 e. The molecule has 2 rings (SSSR count). The van der Waals surface area contributed by atoms with E-state index in [1.807, 2.05) is 0 Å². The van der Waals surface area contributed by atoms with E-state index in [4.69, 9.17) is 9.52 Å². The summed E-state index contributed by atoms with van der Waals surface area (Å²) in [5.74, 6) is -1.69. The fraction of sp³-hybridized carbons (Fsp3) is 0.500. The second kappa shape index (κ2) is 4.38. The molecule has 1 aromatic rings. The number of furan rings is 1. The van der Waals surface area contributed by atoms with E-state index in [2.05, 4.69) is 0 Å². The van der Waals surface area contributed by atoms with Crippen molar-refractivity contribution >= 4 is 16.0 Å². The molecule has 100 valence electrons. The predicted molar refractivity (Wildman–Crippen MR) is 59.8 cm³/mol. The third-order valence-electron chi connectivity index (χ3n) is 2.83. The summed E-state index contributed by atoms with van der Waals surface area (Å²) < 4.78 is 30.4. The van der Waals surface area contributed by atoms with Crippen LogP contribution in [0.25, 0.3) is 0 Å². The van der Waals surface area contributed by atoms with E-state index in [-0.39, 0.29) is 23.7 Å². The van der Waals surface area contributed by atoms with Gasteiger partial charge in [-0.3, -0.25) is 0 Å². The molecule has 1 atom stereocenters. The van der Waals surface area contributed by atoms with Crippen LogP contribution in [0.15, 0.2) is 15.4 Å². The van der Waals surface area contributed by atoms with Crippen molar-refractivity contribution in [2.45, 2.75) is 24.3 Å². The summed E-state index contributed by atoms with van der Waals surface area (Å²) in [5, 5.41) is 18.1. The molecule has 18 heavy (non-hydrogen) atoms. The Morgan fingerprint density at radius 3 is 2.67 bits per heavy atom. The predicted octanol–water partition coefficient (Wildman–Crippen LogP) is 0.0415.